The Morgan fingerprint density at radius 3 is 2.85 bits per heavy atom. The number of hydrogen-bond acceptors (Lipinski definition) is 4. The van der Waals surface area contributed by atoms with Crippen LogP contribution in [-0.2, 0) is 6.42 Å². The van der Waals surface area contributed by atoms with Crippen LogP contribution < -0.4 is 4.90 Å². The highest BCUT2D eigenvalue weighted by atomic mass is 16.5. The van der Waals surface area contributed by atoms with Crippen LogP contribution in [0.3, 0.4) is 0 Å². The second-order valence-corrected chi connectivity index (χ2v) is 4.57. The van der Waals surface area contributed by atoms with E-state index in [4.69, 9.17) is 5.11 Å². The number of carbonyl (C=O) groups excluding carboxylic acids is 1. The summed E-state index contributed by atoms with van der Waals surface area (Å²) in [7, 11) is 0. The van der Waals surface area contributed by atoms with Gasteiger partial charge in [0.15, 0.2) is 5.69 Å². The summed E-state index contributed by atoms with van der Waals surface area (Å²) in [6.07, 6.45) is 1.80. The maximum Gasteiger partial charge on any atom is 0.374 e. The van der Waals surface area contributed by atoms with E-state index >= 15 is 0 Å². The smallest absolute Gasteiger partial charge is 0.374 e. The summed E-state index contributed by atoms with van der Waals surface area (Å²) < 4.78 is 4.63. The average molecular weight is 272 g/mol. The van der Waals surface area contributed by atoms with E-state index < -0.39 is 5.97 Å². The Morgan fingerprint density at radius 1 is 1.30 bits per heavy atom. The predicted molar refractivity (Wildman–Crippen MR) is 69.9 cm³/mol. The molecule has 0 spiro atoms. The summed E-state index contributed by atoms with van der Waals surface area (Å²) in [5.74, 6) is -1.91. The Hall–Kier alpha value is -2.63. The molecule has 1 aromatic carbocycles. The van der Waals surface area contributed by atoms with E-state index in [1.807, 2.05) is 24.3 Å². The van der Waals surface area contributed by atoms with Gasteiger partial charge < -0.3 is 14.5 Å². The number of rotatable bonds is 2. The molecule has 102 valence electrons. The number of carboxylic acids is 1. The minimum atomic E-state index is -1.24. The zero-order valence-electron chi connectivity index (χ0n) is 10.6. The molecule has 1 aromatic heterocycles. The van der Waals surface area contributed by atoms with E-state index in [2.05, 4.69) is 9.68 Å². The van der Waals surface area contributed by atoms with Gasteiger partial charge in [-0.2, -0.15) is 0 Å². The minimum Gasteiger partial charge on any atom is -0.475 e. The highest BCUT2D eigenvalue weighted by Gasteiger charge is 2.26. The summed E-state index contributed by atoms with van der Waals surface area (Å²) in [4.78, 5) is 24.8. The number of anilines is 1. The zero-order valence-corrected chi connectivity index (χ0v) is 10.6. The number of para-hydroxylation sites is 1. The molecule has 3 rings (SSSR count). The van der Waals surface area contributed by atoms with Crippen molar-refractivity contribution in [3.8, 4) is 0 Å². The van der Waals surface area contributed by atoms with Crippen LogP contribution in [0.1, 0.15) is 33.0 Å². The topological polar surface area (TPSA) is 83.6 Å². The first kappa shape index (κ1) is 12.4. The van der Waals surface area contributed by atoms with Gasteiger partial charge in [0.2, 0.25) is 5.76 Å². The lowest BCUT2D eigenvalue weighted by molar-refractivity contribution is 0.0651. The van der Waals surface area contributed by atoms with Gasteiger partial charge in [-0.1, -0.05) is 23.4 Å². The molecule has 1 amide bonds. The van der Waals surface area contributed by atoms with Crippen molar-refractivity contribution in [2.75, 3.05) is 11.4 Å². The molecule has 0 bridgehead atoms. The Bertz CT molecular complexity index is 677. The molecule has 0 fully saturated rings. The Kier molecular flexibility index (Phi) is 2.98. The normalized spacial score (nSPS) is 13.9. The molecule has 1 aliphatic heterocycles. The summed E-state index contributed by atoms with van der Waals surface area (Å²) in [6, 6.07) is 8.83. The van der Waals surface area contributed by atoms with Gasteiger partial charge in [0.25, 0.3) is 5.91 Å². The molecule has 0 aliphatic carbocycles. The van der Waals surface area contributed by atoms with Crippen LogP contribution in [0.4, 0.5) is 5.69 Å². The van der Waals surface area contributed by atoms with Crippen LogP contribution in [0.25, 0.3) is 0 Å². The van der Waals surface area contributed by atoms with Gasteiger partial charge in [-0.15, -0.1) is 0 Å². The third kappa shape index (κ3) is 2.05. The maximum atomic E-state index is 12.4. The zero-order chi connectivity index (χ0) is 14.1. The van der Waals surface area contributed by atoms with Gasteiger partial charge >= 0.3 is 5.97 Å². The first-order valence-corrected chi connectivity index (χ1v) is 6.26. The molecule has 2 heterocycles. The second kappa shape index (κ2) is 4.80. The fourth-order valence-electron chi connectivity index (χ4n) is 2.36. The van der Waals surface area contributed by atoms with Crippen LogP contribution in [-0.4, -0.2) is 28.7 Å². The summed E-state index contributed by atoms with van der Waals surface area (Å²) in [6.45, 7) is 0.588. The van der Waals surface area contributed by atoms with E-state index in [0.717, 1.165) is 30.2 Å². The van der Waals surface area contributed by atoms with Gasteiger partial charge in [0.1, 0.15) is 0 Å². The van der Waals surface area contributed by atoms with Crippen molar-refractivity contribution in [2.45, 2.75) is 12.8 Å². The summed E-state index contributed by atoms with van der Waals surface area (Å²) in [5, 5.41) is 12.3. The number of fused-ring (bicyclic) bond motifs is 1. The number of hydrogen-bond donors (Lipinski definition) is 1. The van der Waals surface area contributed by atoms with E-state index in [1.165, 1.54) is 0 Å². The van der Waals surface area contributed by atoms with Gasteiger partial charge in [-0.05, 0) is 24.5 Å². The molecule has 1 aliphatic rings. The van der Waals surface area contributed by atoms with Gasteiger partial charge in [0, 0.05) is 18.3 Å². The standard InChI is InChI=1S/C14H12N2O4/c17-13(10-8-12(14(18)19)20-15-10)16-7-3-5-9-4-1-2-6-11(9)16/h1-2,4,6,8H,3,5,7H2,(H,18,19). The molecule has 0 saturated heterocycles. The Labute approximate surface area is 114 Å². The average Bonchev–Trinajstić information content (AvgIpc) is 2.96. The van der Waals surface area contributed by atoms with Crippen molar-refractivity contribution in [3.63, 3.8) is 0 Å². The molecule has 6 heteroatoms. The van der Waals surface area contributed by atoms with Gasteiger partial charge in [-0.3, -0.25) is 4.79 Å². The van der Waals surface area contributed by atoms with Gasteiger partial charge in [-0.25, -0.2) is 4.79 Å². The summed E-state index contributed by atoms with van der Waals surface area (Å²) in [5.41, 5.74) is 1.97. The fraction of sp³-hybridized carbons (Fsp3) is 0.214. The molecule has 2 aromatic rings. The number of aryl methyl sites for hydroxylation is 1. The van der Waals surface area contributed by atoms with Crippen LogP contribution >= 0.6 is 0 Å². The predicted octanol–water partition coefficient (Wildman–Crippen LogP) is 1.97. The van der Waals surface area contributed by atoms with E-state index in [9.17, 15) is 9.59 Å². The van der Waals surface area contributed by atoms with Gasteiger partial charge in [0.05, 0.1) is 0 Å². The lowest BCUT2D eigenvalue weighted by Gasteiger charge is -2.28. The molecule has 1 N–H and O–H groups in total. The Morgan fingerprint density at radius 2 is 2.10 bits per heavy atom. The maximum absolute atomic E-state index is 12.4. The fourth-order valence-corrected chi connectivity index (χ4v) is 2.36. The molecule has 0 saturated carbocycles. The number of aromatic nitrogens is 1. The van der Waals surface area contributed by atoms with Crippen LogP contribution in [0.2, 0.25) is 0 Å². The molecular weight excluding hydrogens is 260 g/mol. The van der Waals surface area contributed by atoms with Crippen LogP contribution in [0.15, 0.2) is 34.9 Å². The molecule has 6 nitrogen and oxygen atoms in total. The van der Waals surface area contributed by atoms with E-state index in [1.54, 1.807) is 4.90 Å². The number of aromatic carboxylic acids is 1. The molecular formula is C14H12N2O4. The third-order valence-electron chi connectivity index (χ3n) is 3.30. The van der Waals surface area contributed by atoms with Crippen molar-refractivity contribution >= 4 is 17.6 Å². The van der Waals surface area contributed by atoms with Crippen molar-refractivity contribution in [1.29, 1.82) is 0 Å². The highest BCUT2D eigenvalue weighted by molar-refractivity contribution is 6.06. The Balaban J connectivity index is 1.93. The van der Waals surface area contributed by atoms with E-state index in [-0.39, 0.29) is 17.4 Å². The monoisotopic (exact) mass is 272 g/mol. The second-order valence-electron chi connectivity index (χ2n) is 4.57. The largest absolute Gasteiger partial charge is 0.475 e. The minimum absolute atomic E-state index is 0.0131. The molecule has 0 radical (unpaired) electrons. The quantitative estimate of drug-likeness (QED) is 0.903. The lowest BCUT2D eigenvalue weighted by atomic mass is 10.0. The first-order chi connectivity index (χ1) is 9.66. The van der Waals surface area contributed by atoms with E-state index in [0.29, 0.717) is 6.54 Å². The lowest BCUT2D eigenvalue weighted by Crippen LogP contribution is -2.35. The van der Waals surface area contributed by atoms with Crippen molar-refractivity contribution in [1.82, 2.24) is 5.16 Å². The third-order valence-corrected chi connectivity index (χ3v) is 3.30. The van der Waals surface area contributed by atoms with Crippen molar-refractivity contribution in [3.05, 3.63) is 47.3 Å². The molecule has 0 atom stereocenters. The SMILES string of the molecule is O=C(O)c1cc(C(=O)N2CCCc3ccccc32)no1. The molecule has 0 unspecified atom stereocenters. The van der Waals surface area contributed by atoms with Crippen molar-refractivity contribution < 1.29 is 19.2 Å². The number of amides is 1. The number of carbonyl (C=O) groups is 2. The summed E-state index contributed by atoms with van der Waals surface area (Å²) >= 11 is 0. The number of carboxylic acid groups (broad SMARTS) is 1. The highest BCUT2D eigenvalue weighted by Crippen LogP contribution is 2.27. The van der Waals surface area contributed by atoms with Crippen LogP contribution in [0, 0.1) is 0 Å². The first-order valence-electron chi connectivity index (χ1n) is 6.26. The molecule has 20 heavy (non-hydrogen) atoms. The van der Waals surface area contributed by atoms with Crippen LogP contribution in [0.5, 0.6) is 0 Å². The number of benzene rings is 1. The van der Waals surface area contributed by atoms with Crippen molar-refractivity contribution in [2.24, 2.45) is 0 Å². The number of nitrogens with zero attached hydrogens (tertiary/aromatic N) is 2.